The van der Waals surface area contributed by atoms with Crippen molar-refractivity contribution in [2.45, 2.75) is 6.04 Å². The fourth-order valence-electron chi connectivity index (χ4n) is 4.37. The predicted octanol–water partition coefficient (Wildman–Crippen LogP) is 5.02. The number of H-pyrrole nitrogens is 1. The lowest BCUT2D eigenvalue weighted by Gasteiger charge is -2.40. The molecule has 0 spiro atoms. The van der Waals surface area contributed by atoms with Crippen molar-refractivity contribution < 1.29 is 0 Å². The predicted molar refractivity (Wildman–Crippen MR) is 129 cm³/mol. The van der Waals surface area contributed by atoms with Crippen molar-refractivity contribution in [1.82, 2.24) is 19.7 Å². The number of allylic oxidation sites excluding steroid dienone is 1. The SMILES string of the molecule is C=C(C(c1ccccc1)n1ccc2[nH]ncc2c1=S)N1CCN(c2ccccc2)CC1. The summed E-state index contributed by atoms with van der Waals surface area (Å²) in [4.78, 5) is 4.84. The summed E-state index contributed by atoms with van der Waals surface area (Å²) in [5.74, 6) is 0. The van der Waals surface area contributed by atoms with Gasteiger partial charge < -0.3 is 14.4 Å². The Bertz CT molecular complexity index is 1240. The number of nitrogens with one attached hydrogen (secondary N) is 1. The summed E-state index contributed by atoms with van der Waals surface area (Å²) in [5, 5.41) is 8.13. The van der Waals surface area contributed by atoms with Crippen molar-refractivity contribution in [2.24, 2.45) is 0 Å². The molecule has 0 bridgehead atoms. The van der Waals surface area contributed by atoms with Crippen LogP contribution in [-0.2, 0) is 0 Å². The number of piperazine rings is 1. The van der Waals surface area contributed by atoms with Crippen LogP contribution in [-0.4, -0.2) is 45.8 Å². The minimum Gasteiger partial charge on any atom is -0.370 e. The average molecular weight is 428 g/mol. The minimum atomic E-state index is -0.0590. The highest BCUT2D eigenvalue weighted by Crippen LogP contribution is 2.31. The zero-order chi connectivity index (χ0) is 21.2. The normalized spacial score (nSPS) is 15.2. The number of fused-ring (bicyclic) bond motifs is 1. The summed E-state index contributed by atoms with van der Waals surface area (Å²) in [7, 11) is 0. The van der Waals surface area contributed by atoms with Crippen LogP contribution in [0.5, 0.6) is 0 Å². The lowest BCUT2D eigenvalue weighted by atomic mass is 10.0. The highest BCUT2D eigenvalue weighted by molar-refractivity contribution is 7.71. The van der Waals surface area contributed by atoms with Crippen LogP contribution in [0.1, 0.15) is 11.6 Å². The van der Waals surface area contributed by atoms with Crippen LogP contribution in [0.3, 0.4) is 0 Å². The Morgan fingerprint density at radius 1 is 0.935 bits per heavy atom. The van der Waals surface area contributed by atoms with Gasteiger partial charge in [0.2, 0.25) is 0 Å². The third-order valence-corrected chi connectivity index (χ3v) is 6.48. The van der Waals surface area contributed by atoms with E-state index in [1.807, 2.05) is 18.3 Å². The lowest BCUT2D eigenvalue weighted by Crippen LogP contribution is -2.47. The zero-order valence-electron chi connectivity index (χ0n) is 17.3. The standard InChI is InChI=1S/C25H25N5S/c1-19(28-14-16-29(17-15-28)21-10-6-3-7-11-21)24(20-8-4-2-5-9-20)30-13-12-23-22(25(30)31)18-26-27-23/h2-13,18,24H,1,14-17H2,(H,26,27). The second-order valence-electron chi connectivity index (χ2n) is 7.84. The smallest absolute Gasteiger partial charge is 0.117 e. The van der Waals surface area contributed by atoms with E-state index < -0.39 is 0 Å². The molecule has 156 valence electrons. The molecule has 1 aliphatic heterocycles. The van der Waals surface area contributed by atoms with Gasteiger partial charge in [-0.05, 0) is 23.8 Å². The Balaban J connectivity index is 1.45. The quantitative estimate of drug-likeness (QED) is 0.454. The third-order valence-electron chi connectivity index (χ3n) is 6.05. The summed E-state index contributed by atoms with van der Waals surface area (Å²) in [6.07, 6.45) is 3.85. The largest absolute Gasteiger partial charge is 0.370 e. The number of rotatable bonds is 5. The van der Waals surface area contributed by atoms with Gasteiger partial charge in [0.25, 0.3) is 0 Å². The molecule has 2 aromatic carbocycles. The second-order valence-corrected chi connectivity index (χ2v) is 8.23. The number of hydrogen-bond donors (Lipinski definition) is 1. The number of benzene rings is 2. The van der Waals surface area contributed by atoms with Crippen LogP contribution in [0.4, 0.5) is 5.69 Å². The molecule has 0 radical (unpaired) electrons. The first kappa shape index (κ1) is 19.6. The summed E-state index contributed by atoms with van der Waals surface area (Å²) < 4.78 is 2.91. The fraction of sp³-hybridized carbons (Fsp3) is 0.200. The van der Waals surface area contributed by atoms with Gasteiger partial charge in [0.05, 0.1) is 23.1 Å². The molecule has 4 aromatic rings. The molecule has 0 aliphatic carbocycles. The van der Waals surface area contributed by atoms with Crippen LogP contribution in [0.15, 0.2) is 91.4 Å². The molecule has 6 heteroatoms. The summed E-state index contributed by atoms with van der Waals surface area (Å²) in [5.41, 5.74) is 4.48. The molecule has 1 fully saturated rings. The number of anilines is 1. The number of para-hydroxylation sites is 1. The first-order chi connectivity index (χ1) is 15.2. The Morgan fingerprint density at radius 3 is 2.32 bits per heavy atom. The highest BCUT2D eigenvalue weighted by atomic mass is 32.1. The second kappa shape index (κ2) is 8.40. The molecule has 1 N–H and O–H groups in total. The number of nitrogens with zero attached hydrogens (tertiary/aromatic N) is 4. The van der Waals surface area contributed by atoms with Crippen LogP contribution in [0.2, 0.25) is 0 Å². The number of pyridine rings is 1. The number of aromatic nitrogens is 3. The van der Waals surface area contributed by atoms with Gasteiger partial charge in [-0.2, -0.15) is 5.10 Å². The Kier molecular flexibility index (Phi) is 5.30. The van der Waals surface area contributed by atoms with Crippen molar-refractivity contribution in [3.63, 3.8) is 0 Å². The molecule has 31 heavy (non-hydrogen) atoms. The molecule has 5 rings (SSSR count). The molecular weight excluding hydrogens is 402 g/mol. The Labute approximate surface area is 187 Å². The maximum absolute atomic E-state index is 5.86. The van der Waals surface area contributed by atoms with Crippen molar-refractivity contribution >= 4 is 28.8 Å². The average Bonchev–Trinajstić information content (AvgIpc) is 3.32. The van der Waals surface area contributed by atoms with E-state index in [1.165, 1.54) is 11.3 Å². The summed E-state index contributed by atoms with van der Waals surface area (Å²) >= 11 is 5.86. The molecule has 3 heterocycles. The third kappa shape index (κ3) is 3.75. The summed E-state index contributed by atoms with van der Waals surface area (Å²) in [6.45, 7) is 8.35. The van der Waals surface area contributed by atoms with Crippen LogP contribution >= 0.6 is 12.2 Å². The van der Waals surface area contributed by atoms with Crippen LogP contribution in [0, 0.1) is 4.64 Å². The van der Waals surface area contributed by atoms with Gasteiger partial charge >= 0.3 is 0 Å². The lowest BCUT2D eigenvalue weighted by molar-refractivity contribution is 0.295. The topological polar surface area (TPSA) is 40.1 Å². The van der Waals surface area contributed by atoms with Crippen molar-refractivity contribution in [3.05, 3.63) is 102 Å². The fourth-order valence-corrected chi connectivity index (χ4v) is 4.70. The van der Waals surface area contributed by atoms with Crippen molar-refractivity contribution in [1.29, 1.82) is 0 Å². The van der Waals surface area contributed by atoms with E-state index in [0.717, 1.165) is 47.4 Å². The monoisotopic (exact) mass is 427 g/mol. The first-order valence-electron chi connectivity index (χ1n) is 10.6. The van der Waals surface area contributed by atoms with Gasteiger partial charge in [-0.3, -0.25) is 5.10 Å². The Hall–Kier alpha value is -3.38. The van der Waals surface area contributed by atoms with E-state index in [1.54, 1.807) is 6.20 Å². The maximum atomic E-state index is 5.86. The van der Waals surface area contributed by atoms with E-state index in [9.17, 15) is 0 Å². The molecule has 0 saturated carbocycles. The van der Waals surface area contributed by atoms with E-state index in [0.29, 0.717) is 0 Å². The van der Waals surface area contributed by atoms with Crippen LogP contribution in [0.25, 0.3) is 10.9 Å². The molecule has 5 nitrogen and oxygen atoms in total. The molecule has 1 aliphatic rings. The number of aromatic amines is 1. The molecule has 1 atom stereocenters. The maximum Gasteiger partial charge on any atom is 0.117 e. The van der Waals surface area contributed by atoms with Crippen LogP contribution < -0.4 is 4.90 Å². The molecule has 1 saturated heterocycles. The van der Waals surface area contributed by atoms with Crippen molar-refractivity contribution in [3.8, 4) is 0 Å². The zero-order valence-corrected chi connectivity index (χ0v) is 18.1. The molecule has 1 unspecified atom stereocenters. The van der Waals surface area contributed by atoms with E-state index in [4.69, 9.17) is 12.2 Å². The first-order valence-corrected chi connectivity index (χ1v) is 11.0. The van der Waals surface area contributed by atoms with Gasteiger partial charge in [0.1, 0.15) is 4.64 Å². The molecule has 0 amide bonds. The number of hydrogen-bond acceptors (Lipinski definition) is 4. The van der Waals surface area contributed by atoms with Gasteiger partial charge in [0, 0.05) is 43.8 Å². The Morgan fingerprint density at radius 2 is 1.61 bits per heavy atom. The van der Waals surface area contributed by atoms with Gasteiger partial charge in [-0.15, -0.1) is 0 Å². The highest BCUT2D eigenvalue weighted by Gasteiger charge is 2.26. The van der Waals surface area contributed by atoms with Crippen molar-refractivity contribution in [2.75, 3.05) is 31.1 Å². The van der Waals surface area contributed by atoms with Gasteiger partial charge in [-0.25, -0.2) is 0 Å². The minimum absolute atomic E-state index is 0.0590. The van der Waals surface area contributed by atoms with Gasteiger partial charge in [0.15, 0.2) is 0 Å². The van der Waals surface area contributed by atoms with E-state index in [2.05, 4.69) is 85.7 Å². The van der Waals surface area contributed by atoms with E-state index in [-0.39, 0.29) is 6.04 Å². The van der Waals surface area contributed by atoms with Gasteiger partial charge in [-0.1, -0.05) is 67.3 Å². The molecule has 2 aromatic heterocycles. The van der Waals surface area contributed by atoms with E-state index >= 15 is 0 Å². The summed E-state index contributed by atoms with van der Waals surface area (Å²) in [6, 6.07) is 23.1. The molecular formula is C25H25N5S.